The number of nitrogens with zero attached hydrogens (tertiary/aromatic N) is 5. The number of halogens is 3. The van der Waals surface area contributed by atoms with Crippen LogP contribution in [-0.4, -0.2) is 50.4 Å². The largest absolute Gasteiger partial charge is 0.301 e. The molecule has 7 nitrogen and oxygen atoms in total. The highest BCUT2D eigenvalue weighted by atomic mass is 35.5. The number of nitrogens with one attached hydrogen (secondary N) is 1. The lowest BCUT2D eigenvalue weighted by Crippen LogP contribution is -2.21. The summed E-state index contributed by atoms with van der Waals surface area (Å²) >= 11 is 14.6. The van der Waals surface area contributed by atoms with Crippen molar-refractivity contribution in [1.82, 2.24) is 24.6 Å². The van der Waals surface area contributed by atoms with Gasteiger partial charge < -0.3 is 5.32 Å². The highest BCUT2D eigenvalue weighted by Gasteiger charge is 2.22. The molecule has 0 fully saturated rings. The van der Waals surface area contributed by atoms with E-state index in [1.54, 1.807) is 24.3 Å². The van der Waals surface area contributed by atoms with Crippen LogP contribution >= 0.6 is 46.3 Å². The zero-order valence-electron chi connectivity index (χ0n) is 19.0. The third-order valence-corrected chi connectivity index (χ3v) is 7.62. The molecule has 0 saturated carbocycles. The minimum atomic E-state index is -0.332. The van der Waals surface area contributed by atoms with Crippen LogP contribution in [0.1, 0.15) is 18.8 Å². The van der Waals surface area contributed by atoms with Gasteiger partial charge in [-0.25, -0.2) is 9.37 Å². The maximum atomic E-state index is 13.5. The van der Waals surface area contributed by atoms with Gasteiger partial charge in [-0.05, 0) is 57.4 Å². The molecular weight excluding hydrogens is 530 g/mol. The summed E-state index contributed by atoms with van der Waals surface area (Å²) in [6.07, 6.45) is 0. The second-order valence-corrected chi connectivity index (χ2v) is 10.4. The molecule has 0 aliphatic rings. The van der Waals surface area contributed by atoms with E-state index in [1.165, 1.54) is 35.2 Å². The molecule has 0 aliphatic carbocycles. The predicted octanol–water partition coefficient (Wildman–Crippen LogP) is 6.19. The molecule has 4 rings (SSSR count). The Morgan fingerprint density at radius 3 is 2.60 bits per heavy atom. The van der Waals surface area contributed by atoms with E-state index in [9.17, 15) is 9.18 Å². The van der Waals surface area contributed by atoms with E-state index in [2.05, 4.69) is 20.5 Å². The number of amides is 1. The molecule has 0 aliphatic heterocycles. The second-order valence-electron chi connectivity index (χ2n) is 7.80. The lowest BCUT2D eigenvalue weighted by Gasteiger charge is -2.20. The summed E-state index contributed by atoms with van der Waals surface area (Å²) in [5, 5.41) is 15.2. The first-order valence-electron chi connectivity index (χ1n) is 10.4. The minimum Gasteiger partial charge on any atom is -0.301 e. The van der Waals surface area contributed by atoms with Crippen molar-refractivity contribution in [2.45, 2.75) is 18.1 Å². The number of benzene rings is 2. The Bertz CT molecular complexity index is 1340. The van der Waals surface area contributed by atoms with E-state index in [-0.39, 0.29) is 23.5 Å². The average molecular weight is 552 g/mol. The van der Waals surface area contributed by atoms with Crippen LogP contribution in [0.5, 0.6) is 0 Å². The number of thioether (sulfide) groups is 1. The predicted molar refractivity (Wildman–Crippen MR) is 140 cm³/mol. The van der Waals surface area contributed by atoms with Crippen molar-refractivity contribution >= 4 is 57.3 Å². The second kappa shape index (κ2) is 11.0. The molecule has 182 valence electrons. The Kier molecular flexibility index (Phi) is 8.08. The molecule has 4 aromatic rings. The lowest BCUT2D eigenvalue weighted by molar-refractivity contribution is -0.113. The van der Waals surface area contributed by atoms with Crippen LogP contribution < -0.4 is 5.32 Å². The van der Waals surface area contributed by atoms with Crippen molar-refractivity contribution in [3.8, 4) is 16.9 Å². The van der Waals surface area contributed by atoms with E-state index in [4.69, 9.17) is 23.2 Å². The van der Waals surface area contributed by atoms with E-state index < -0.39 is 0 Å². The number of aromatic nitrogens is 4. The third kappa shape index (κ3) is 6.02. The van der Waals surface area contributed by atoms with Gasteiger partial charge >= 0.3 is 0 Å². The van der Waals surface area contributed by atoms with Gasteiger partial charge in [-0.1, -0.05) is 41.0 Å². The lowest BCUT2D eigenvalue weighted by atomic mass is 10.2. The van der Waals surface area contributed by atoms with Gasteiger partial charge in [0.15, 0.2) is 16.1 Å². The number of thiazole rings is 1. The Labute approximate surface area is 220 Å². The Morgan fingerprint density at radius 1 is 1.17 bits per heavy atom. The van der Waals surface area contributed by atoms with Gasteiger partial charge in [-0.15, -0.1) is 21.5 Å². The fraction of sp³-hybridized carbons (Fsp3) is 0.217. The quantitative estimate of drug-likeness (QED) is 0.263. The van der Waals surface area contributed by atoms with Gasteiger partial charge in [0, 0.05) is 16.6 Å². The standard InChI is InChI=1S/C23H21Cl2FN6OS2/c1-13(31(2)3)21-29-30-23(32(21)16-7-5-15(26)6-8-16)35-12-20(33)28-22-27-19(11-34-22)14-4-9-17(24)18(25)10-14/h4-11,13H,12H2,1-3H3,(H,27,28,33). The van der Waals surface area contributed by atoms with E-state index in [1.807, 2.05) is 41.9 Å². The summed E-state index contributed by atoms with van der Waals surface area (Å²) in [7, 11) is 3.88. The average Bonchev–Trinajstić information content (AvgIpc) is 3.46. The number of hydrogen-bond donors (Lipinski definition) is 1. The SMILES string of the molecule is CC(c1nnc(SCC(=O)Nc2nc(-c3ccc(Cl)c(Cl)c3)cs2)n1-c1ccc(F)cc1)N(C)C. The fourth-order valence-electron chi connectivity index (χ4n) is 3.11. The molecule has 1 atom stereocenters. The smallest absolute Gasteiger partial charge is 0.236 e. The van der Waals surface area contributed by atoms with Crippen LogP contribution in [-0.2, 0) is 4.79 Å². The van der Waals surface area contributed by atoms with Crippen molar-refractivity contribution in [1.29, 1.82) is 0 Å². The number of rotatable bonds is 8. The van der Waals surface area contributed by atoms with Crippen molar-refractivity contribution in [3.05, 3.63) is 69.5 Å². The maximum Gasteiger partial charge on any atom is 0.236 e. The van der Waals surface area contributed by atoms with Crippen LogP contribution in [0.3, 0.4) is 0 Å². The molecule has 1 N–H and O–H groups in total. The monoisotopic (exact) mass is 550 g/mol. The molecule has 0 radical (unpaired) electrons. The number of carbonyl (C=O) groups excluding carboxylic acids is 1. The van der Waals surface area contributed by atoms with E-state index in [0.29, 0.717) is 37.5 Å². The van der Waals surface area contributed by atoms with Gasteiger partial charge in [0.25, 0.3) is 0 Å². The maximum absolute atomic E-state index is 13.5. The summed E-state index contributed by atoms with van der Waals surface area (Å²) in [6, 6.07) is 11.3. The van der Waals surface area contributed by atoms with E-state index in [0.717, 1.165) is 5.56 Å². The molecule has 35 heavy (non-hydrogen) atoms. The Hall–Kier alpha value is -2.50. The number of anilines is 1. The molecule has 0 spiro atoms. The van der Waals surface area contributed by atoms with Crippen LogP contribution in [0.4, 0.5) is 9.52 Å². The highest BCUT2D eigenvalue weighted by molar-refractivity contribution is 7.99. The summed E-state index contributed by atoms with van der Waals surface area (Å²) in [6.45, 7) is 2.00. The van der Waals surface area contributed by atoms with Crippen LogP contribution in [0.25, 0.3) is 16.9 Å². The van der Waals surface area contributed by atoms with Gasteiger partial charge in [0.1, 0.15) is 5.82 Å². The summed E-state index contributed by atoms with van der Waals surface area (Å²) in [5.74, 6) is 0.218. The molecule has 12 heteroatoms. The van der Waals surface area contributed by atoms with E-state index >= 15 is 0 Å². The van der Waals surface area contributed by atoms with Gasteiger partial charge in [-0.3, -0.25) is 14.3 Å². The zero-order chi connectivity index (χ0) is 25.1. The van der Waals surface area contributed by atoms with Gasteiger partial charge in [-0.2, -0.15) is 0 Å². The molecule has 2 heterocycles. The van der Waals surface area contributed by atoms with Crippen molar-refractivity contribution < 1.29 is 9.18 Å². The van der Waals surface area contributed by atoms with Crippen molar-refractivity contribution in [3.63, 3.8) is 0 Å². The molecule has 0 bridgehead atoms. The van der Waals surface area contributed by atoms with Crippen LogP contribution in [0.2, 0.25) is 10.0 Å². The first-order chi connectivity index (χ1) is 16.7. The molecule has 0 saturated heterocycles. The number of hydrogen-bond acceptors (Lipinski definition) is 7. The molecule has 1 amide bonds. The Balaban J connectivity index is 1.48. The minimum absolute atomic E-state index is 0.0501. The summed E-state index contributed by atoms with van der Waals surface area (Å²) in [4.78, 5) is 19.1. The van der Waals surface area contributed by atoms with Crippen molar-refractivity contribution in [2.24, 2.45) is 0 Å². The normalized spacial score (nSPS) is 12.2. The third-order valence-electron chi connectivity index (χ3n) is 5.19. The molecular formula is C23H21Cl2FN6OS2. The first kappa shape index (κ1) is 25.6. The highest BCUT2D eigenvalue weighted by Crippen LogP contribution is 2.31. The Morgan fingerprint density at radius 2 is 1.91 bits per heavy atom. The van der Waals surface area contributed by atoms with Crippen LogP contribution in [0, 0.1) is 5.82 Å². The topological polar surface area (TPSA) is 75.9 Å². The van der Waals surface area contributed by atoms with Crippen LogP contribution in [0.15, 0.2) is 53.0 Å². The summed E-state index contributed by atoms with van der Waals surface area (Å²) in [5.41, 5.74) is 2.21. The molecule has 1 unspecified atom stereocenters. The molecule has 2 aromatic carbocycles. The number of carbonyl (C=O) groups is 1. The summed E-state index contributed by atoms with van der Waals surface area (Å²) < 4.78 is 15.3. The van der Waals surface area contributed by atoms with Gasteiger partial charge in [0.2, 0.25) is 5.91 Å². The molecule has 2 aromatic heterocycles. The van der Waals surface area contributed by atoms with Gasteiger partial charge in [0.05, 0.1) is 27.5 Å². The zero-order valence-corrected chi connectivity index (χ0v) is 22.1. The fourth-order valence-corrected chi connectivity index (χ4v) is 4.91. The first-order valence-corrected chi connectivity index (χ1v) is 13.1. The van der Waals surface area contributed by atoms with Crippen molar-refractivity contribution in [2.75, 3.05) is 25.2 Å².